The Hall–Kier alpha value is -1.58. The predicted octanol–water partition coefficient (Wildman–Crippen LogP) is 3.41. The van der Waals surface area contributed by atoms with Crippen LogP contribution in [0.15, 0.2) is 18.3 Å². The summed E-state index contributed by atoms with van der Waals surface area (Å²) in [5.74, 6) is -0.0329. The zero-order valence-corrected chi connectivity index (χ0v) is 13.5. The third-order valence-corrected chi connectivity index (χ3v) is 3.72. The van der Waals surface area contributed by atoms with Crippen molar-refractivity contribution in [2.45, 2.75) is 47.1 Å². The van der Waals surface area contributed by atoms with Crippen LogP contribution in [0, 0.1) is 5.41 Å². The number of amides is 1. The quantitative estimate of drug-likeness (QED) is 0.897. The molecule has 0 aromatic carbocycles. The first-order valence-electron chi connectivity index (χ1n) is 7.24. The van der Waals surface area contributed by atoms with Gasteiger partial charge < -0.3 is 10.2 Å². The second-order valence-electron chi connectivity index (χ2n) is 6.32. The van der Waals surface area contributed by atoms with Crippen molar-refractivity contribution in [3.8, 4) is 0 Å². The highest BCUT2D eigenvalue weighted by Crippen LogP contribution is 2.24. The third-order valence-electron chi connectivity index (χ3n) is 3.72. The molecule has 20 heavy (non-hydrogen) atoms. The van der Waals surface area contributed by atoms with E-state index in [-0.39, 0.29) is 17.4 Å². The molecule has 0 radical (unpaired) electrons. The molecule has 1 amide bonds. The van der Waals surface area contributed by atoms with E-state index in [1.165, 1.54) is 0 Å². The monoisotopic (exact) mass is 277 g/mol. The predicted molar refractivity (Wildman–Crippen MR) is 84.0 cm³/mol. The molecule has 1 atom stereocenters. The fraction of sp³-hybridized carbons (Fsp3) is 0.625. The molecule has 0 bridgehead atoms. The SMILES string of the molecule is CCCNc1ccc(C(=O)N(C)C(C)C(C)(C)C)nc1. The molecule has 1 rings (SSSR count). The Kier molecular flexibility index (Phi) is 5.54. The summed E-state index contributed by atoms with van der Waals surface area (Å²) in [7, 11) is 1.84. The van der Waals surface area contributed by atoms with Gasteiger partial charge in [-0.25, -0.2) is 4.98 Å². The largest absolute Gasteiger partial charge is 0.384 e. The van der Waals surface area contributed by atoms with E-state index in [9.17, 15) is 4.79 Å². The van der Waals surface area contributed by atoms with Gasteiger partial charge in [0.15, 0.2) is 0 Å². The highest BCUT2D eigenvalue weighted by Gasteiger charge is 2.27. The zero-order valence-electron chi connectivity index (χ0n) is 13.5. The van der Waals surface area contributed by atoms with E-state index in [2.05, 4.69) is 44.9 Å². The van der Waals surface area contributed by atoms with Gasteiger partial charge in [0.05, 0.1) is 11.9 Å². The lowest BCUT2D eigenvalue weighted by molar-refractivity contribution is 0.0623. The first kappa shape index (κ1) is 16.5. The molecule has 0 aliphatic heterocycles. The van der Waals surface area contributed by atoms with Crippen LogP contribution in [-0.4, -0.2) is 35.4 Å². The number of hydrogen-bond donors (Lipinski definition) is 1. The summed E-state index contributed by atoms with van der Waals surface area (Å²) < 4.78 is 0. The Bertz CT molecular complexity index is 434. The van der Waals surface area contributed by atoms with Crippen LogP contribution in [0.1, 0.15) is 51.5 Å². The molecular formula is C16H27N3O. The summed E-state index contributed by atoms with van der Waals surface area (Å²) in [6, 6.07) is 3.84. The normalized spacial score (nSPS) is 12.9. The summed E-state index contributed by atoms with van der Waals surface area (Å²) in [4.78, 5) is 18.4. The molecule has 0 fully saturated rings. The van der Waals surface area contributed by atoms with Gasteiger partial charge >= 0.3 is 0 Å². The molecule has 1 aromatic rings. The maximum absolute atomic E-state index is 12.4. The van der Waals surface area contributed by atoms with Crippen molar-refractivity contribution in [3.63, 3.8) is 0 Å². The first-order valence-corrected chi connectivity index (χ1v) is 7.24. The standard InChI is InChI=1S/C16H27N3O/c1-7-10-17-13-8-9-14(18-11-13)15(20)19(6)12(2)16(3,4)5/h8-9,11-12,17H,7,10H2,1-6H3. The summed E-state index contributed by atoms with van der Waals surface area (Å²) in [6.45, 7) is 11.5. The van der Waals surface area contributed by atoms with Crippen LogP contribution in [0.25, 0.3) is 0 Å². The fourth-order valence-corrected chi connectivity index (χ4v) is 1.83. The number of nitrogens with one attached hydrogen (secondary N) is 1. The summed E-state index contributed by atoms with van der Waals surface area (Å²) in [5.41, 5.74) is 1.49. The van der Waals surface area contributed by atoms with Crippen molar-refractivity contribution in [3.05, 3.63) is 24.0 Å². The van der Waals surface area contributed by atoms with Crippen LogP contribution >= 0.6 is 0 Å². The number of hydrogen-bond acceptors (Lipinski definition) is 3. The molecule has 0 saturated carbocycles. The van der Waals surface area contributed by atoms with Crippen molar-refractivity contribution < 1.29 is 4.79 Å². The second-order valence-corrected chi connectivity index (χ2v) is 6.32. The molecule has 0 aliphatic rings. The molecule has 0 saturated heterocycles. The molecule has 112 valence electrons. The summed E-state index contributed by atoms with van der Waals surface area (Å²) in [5, 5.41) is 3.25. The number of carbonyl (C=O) groups is 1. The summed E-state index contributed by atoms with van der Waals surface area (Å²) in [6.07, 6.45) is 2.78. The second kappa shape index (κ2) is 6.73. The van der Waals surface area contributed by atoms with Crippen LogP contribution in [0.4, 0.5) is 5.69 Å². The van der Waals surface area contributed by atoms with Gasteiger partial charge in [-0.3, -0.25) is 4.79 Å². The maximum Gasteiger partial charge on any atom is 0.272 e. The number of pyridine rings is 1. The van der Waals surface area contributed by atoms with Crippen LogP contribution in [0.3, 0.4) is 0 Å². The number of rotatable bonds is 5. The molecular weight excluding hydrogens is 250 g/mol. The van der Waals surface area contributed by atoms with Gasteiger partial charge in [0.25, 0.3) is 5.91 Å². The van der Waals surface area contributed by atoms with Gasteiger partial charge in [-0.05, 0) is 30.9 Å². The Morgan fingerprint density at radius 3 is 2.50 bits per heavy atom. The molecule has 1 unspecified atom stereocenters. The zero-order chi connectivity index (χ0) is 15.3. The number of anilines is 1. The molecule has 1 aromatic heterocycles. The topological polar surface area (TPSA) is 45.2 Å². The van der Waals surface area contributed by atoms with Crippen molar-refractivity contribution in [1.29, 1.82) is 0 Å². The highest BCUT2D eigenvalue weighted by molar-refractivity contribution is 5.92. The van der Waals surface area contributed by atoms with E-state index in [4.69, 9.17) is 0 Å². The third kappa shape index (κ3) is 4.22. The van der Waals surface area contributed by atoms with Gasteiger partial charge in [0.1, 0.15) is 5.69 Å². The van der Waals surface area contributed by atoms with Crippen LogP contribution in [0.5, 0.6) is 0 Å². The Labute approximate surface area is 122 Å². The molecule has 4 nitrogen and oxygen atoms in total. The van der Waals surface area contributed by atoms with Gasteiger partial charge in [-0.1, -0.05) is 27.7 Å². The average Bonchev–Trinajstić information content (AvgIpc) is 2.42. The van der Waals surface area contributed by atoms with Crippen molar-refractivity contribution in [1.82, 2.24) is 9.88 Å². The van der Waals surface area contributed by atoms with Crippen molar-refractivity contribution in [2.24, 2.45) is 5.41 Å². The molecule has 0 aliphatic carbocycles. The minimum absolute atomic E-state index is 0.0329. The Balaban J connectivity index is 2.77. The smallest absolute Gasteiger partial charge is 0.272 e. The number of nitrogens with zero attached hydrogens (tertiary/aromatic N) is 2. The van der Waals surface area contributed by atoms with Gasteiger partial charge in [-0.15, -0.1) is 0 Å². The molecule has 1 heterocycles. The average molecular weight is 277 g/mol. The molecule has 4 heteroatoms. The fourth-order valence-electron chi connectivity index (χ4n) is 1.83. The van der Waals surface area contributed by atoms with Gasteiger partial charge in [0.2, 0.25) is 0 Å². The van der Waals surface area contributed by atoms with Crippen molar-refractivity contribution >= 4 is 11.6 Å². The minimum Gasteiger partial charge on any atom is -0.384 e. The molecule has 0 spiro atoms. The lowest BCUT2D eigenvalue weighted by Crippen LogP contribution is -2.43. The maximum atomic E-state index is 12.4. The van der Waals surface area contributed by atoms with E-state index >= 15 is 0 Å². The summed E-state index contributed by atoms with van der Waals surface area (Å²) >= 11 is 0. The highest BCUT2D eigenvalue weighted by atomic mass is 16.2. The lowest BCUT2D eigenvalue weighted by atomic mass is 9.87. The van der Waals surface area contributed by atoms with Crippen LogP contribution in [0.2, 0.25) is 0 Å². The van der Waals surface area contributed by atoms with E-state index in [1.54, 1.807) is 17.2 Å². The van der Waals surface area contributed by atoms with Gasteiger partial charge in [-0.2, -0.15) is 0 Å². The van der Waals surface area contributed by atoms with Crippen molar-refractivity contribution in [2.75, 3.05) is 18.9 Å². The molecule has 1 N–H and O–H groups in total. The number of carbonyl (C=O) groups excluding carboxylic acids is 1. The minimum atomic E-state index is -0.0329. The Morgan fingerprint density at radius 2 is 2.05 bits per heavy atom. The van der Waals surface area contributed by atoms with Gasteiger partial charge in [0, 0.05) is 19.6 Å². The first-order chi connectivity index (χ1) is 9.27. The Morgan fingerprint density at radius 1 is 1.40 bits per heavy atom. The van der Waals surface area contributed by atoms with E-state index in [1.807, 2.05) is 13.1 Å². The lowest BCUT2D eigenvalue weighted by Gasteiger charge is -2.35. The van der Waals surface area contributed by atoms with E-state index in [0.717, 1.165) is 18.7 Å². The van der Waals surface area contributed by atoms with E-state index in [0.29, 0.717) is 5.69 Å². The number of aromatic nitrogens is 1. The van der Waals surface area contributed by atoms with Crippen LogP contribution in [-0.2, 0) is 0 Å². The van der Waals surface area contributed by atoms with E-state index < -0.39 is 0 Å². The van der Waals surface area contributed by atoms with Crippen LogP contribution < -0.4 is 5.32 Å².